The molecular weight excluding hydrogens is 200 g/mol. The van der Waals surface area contributed by atoms with Gasteiger partial charge in [0.2, 0.25) is 0 Å². The highest BCUT2D eigenvalue weighted by atomic mass is 16.5. The second kappa shape index (κ2) is 5.94. The third-order valence-corrected chi connectivity index (χ3v) is 2.35. The lowest BCUT2D eigenvalue weighted by Gasteiger charge is -2.12. The number of aryl methyl sites for hydroxylation is 1. The molecule has 1 aromatic carbocycles. The van der Waals surface area contributed by atoms with E-state index in [0.29, 0.717) is 6.54 Å². The Morgan fingerprint density at radius 1 is 1.62 bits per heavy atom. The Bertz CT molecular complexity index is 407. The van der Waals surface area contributed by atoms with Gasteiger partial charge in [-0.25, -0.2) is 0 Å². The van der Waals surface area contributed by atoms with Crippen LogP contribution in [-0.4, -0.2) is 13.7 Å². The highest BCUT2D eigenvalue weighted by Gasteiger charge is 2.10. The van der Waals surface area contributed by atoms with Crippen molar-refractivity contribution in [2.45, 2.75) is 13.0 Å². The minimum absolute atomic E-state index is 0.303. The molecule has 1 atom stereocenters. The van der Waals surface area contributed by atoms with Gasteiger partial charge >= 0.3 is 0 Å². The van der Waals surface area contributed by atoms with Crippen LogP contribution in [-0.2, 0) is 0 Å². The zero-order valence-electron chi connectivity index (χ0n) is 9.66. The molecule has 1 N–H and O–H groups in total. The van der Waals surface area contributed by atoms with Gasteiger partial charge in [0.15, 0.2) is 0 Å². The fourth-order valence-corrected chi connectivity index (χ4v) is 1.52. The summed E-state index contributed by atoms with van der Waals surface area (Å²) in [5, 5.41) is 12.1. The first-order valence-corrected chi connectivity index (χ1v) is 5.11. The fraction of sp³-hybridized carbons (Fsp3) is 0.308. The van der Waals surface area contributed by atoms with E-state index in [9.17, 15) is 0 Å². The molecule has 0 heterocycles. The van der Waals surface area contributed by atoms with Gasteiger partial charge < -0.3 is 4.74 Å². The first kappa shape index (κ1) is 12.3. The Balaban J connectivity index is 2.90. The highest BCUT2D eigenvalue weighted by Crippen LogP contribution is 2.22. The number of ether oxygens (including phenoxy) is 1. The minimum atomic E-state index is -0.303. The van der Waals surface area contributed by atoms with Crippen molar-refractivity contribution in [3.63, 3.8) is 0 Å². The maximum Gasteiger partial charge on any atom is 0.121 e. The van der Waals surface area contributed by atoms with Gasteiger partial charge in [0.05, 0.1) is 13.2 Å². The molecule has 16 heavy (non-hydrogen) atoms. The Morgan fingerprint density at radius 2 is 2.38 bits per heavy atom. The number of hydrogen-bond donors (Lipinski definition) is 1. The molecule has 3 nitrogen and oxygen atoms in total. The standard InChI is InChI=1S/C13H16N2O/c1-4-7-15-12(9-14)11-5-6-13(16-3)10(2)8-11/h4-6,8,12,15H,1,7H2,2-3H3. The zero-order valence-corrected chi connectivity index (χ0v) is 9.66. The largest absolute Gasteiger partial charge is 0.496 e. The predicted octanol–water partition coefficient (Wildman–Crippen LogP) is 2.34. The van der Waals surface area contributed by atoms with Gasteiger partial charge in [-0.2, -0.15) is 5.26 Å². The SMILES string of the molecule is C=CCNC(C#N)c1ccc(OC)c(C)c1. The molecule has 0 aliphatic rings. The predicted molar refractivity (Wildman–Crippen MR) is 64.3 cm³/mol. The van der Waals surface area contributed by atoms with Crippen molar-refractivity contribution in [2.24, 2.45) is 0 Å². The van der Waals surface area contributed by atoms with E-state index in [1.165, 1.54) is 0 Å². The molecule has 0 amide bonds. The van der Waals surface area contributed by atoms with Crippen LogP contribution in [0.25, 0.3) is 0 Å². The molecule has 0 saturated carbocycles. The van der Waals surface area contributed by atoms with Crippen molar-refractivity contribution < 1.29 is 4.74 Å². The summed E-state index contributed by atoms with van der Waals surface area (Å²) < 4.78 is 5.17. The molecule has 0 bridgehead atoms. The van der Waals surface area contributed by atoms with Crippen LogP contribution in [0.1, 0.15) is 17.2 Å². The van der Waals surface area contributed by atoms with Crippen LogP contribution >= 0.6 is 0 Å². The van der Waals surface area contributed by atoms with Gasteiger partial charge in [0.1, 0.15) is 11.8 Å². The number of hydrogen-bond acceptors (Lipinski definition) is 3. The molecule has 3 heteroatoms. The van der Waals surface area contributed by atoms with Crippen molar-refractivity contribution in [1.82, 2.24) is 5.32 Å². The maximum absolute atomic E-state index is 9.05. The third-order valence-electron chi connectivity index (χ3n) is 2.35. The topological polar surface area (TPSA) is 45.0 Å². The van der Waals surface area contributed by atoms with Gasteiger partial charge in [-0.3, -0.25) is 5.32 Å². The van der Waals surface area contributed by atoms with Gasteiger partial charge in [0.25, 0.3) is 0 Å². The van der Waals surface area contributed by atoms with Gasteiger partial charge in [-0.1, -0.05) is 12.1 Å². The Morgan fingerprint density at radius 3 is 2.88 bits per heavy atom. The third kappa shape index (κ3) is 2.85. The van der Waals surface area contributed by atoms with E-state index in [1.807, 2.05) is 25.1 Å². The summed E-state index contributed by atoms with van der Waals surface area (Å²) in [5.41, 5.74) is 1.98. The maximum atomic E-state index is 9.05. The monoisotopic (exact) mass is 216 g/mol. The number of nitrogens with one attached hydrogen (secondary N) is 1. The fourth-order valence-electron chi connectivity index (χ4n) is 1.52. The van der Waals surface area contributed by atoms with E-state index in [4.69, 9.17) is 10.00 Å². The van der Waals surface area contributed by atoms with E-state index in [-0.39, 0.29) is 6.04 Å². The molecule has 0 saturated heterocycles. The number of methoxy groups -OCH3 is 1. The Hall–Kier alpha value is -1.79. The quantitative estimate of drug-likeness (QED) is 0.768. The summed E-state index contributed by atoms with van der Waals surface area (Å²) in [4.78, 5) is 0. The molecule has 0 radical (unpaired) electrons. The smallest absolute Gasteiger partial charge is 0.121 e. The number of benzene rings is 1. The van der Waals surface area contributed by atoms with Crippen molar-refractivity contribution in [3.05, 3.63) is 42.0 Å². The van der Waals surface area contributed by atoms with Crippen molar-refractivity contribution in [2.75, 3.05) is 13.7 Å². The van der Waals surface area contributed by atoms with E-state index in [2.05, 4.69) is 18.0 Å². The van der Waals surface area contributed by atoms with Gasteiger partial charge in [-0.05, 0) is 30.2 Å². The summed E-state index contributed by atoms with van der Waals surface area (Å²) in [6, 6.07) is 7.65. The number of rotatable bonds is 5. The molecular formula is C13H16N2O. The van der Waals surface area contributed by atoms with Crippen LogP contribution in [0.4, 0.5) is 0 Å². The lowest BCUT2D eigenvalue weighted by molar-refractivity contribution is 0.411. The minimum Gasteiger partial charge on any atom is -0.496 e. The molecule has 0 fully saturated rings. The molecule has 84 valence electrons. The highest BCUT2D eigenvalue weighted by molar-refractivity contribution is 5.38. The van der Waals surface area contributed by atoms with Crippen LogP contribution in [0.15, 0.2) is 30.9 Å². The van der Waals surface area contributed by atoms with E-state index in [0.717, 1.165) is 16.9 Å². The summed E-state index contributed by atoms with van der Waals surface area (Å²) in [6.07, 6.45) is 1.74. The summed E-state index contributed by atoms with van der Waals surface area (Å²) >= 11 is 0. The number of nitriles is 1. The molecule has 1 unspecified atom stereocenters. The Labute approximate surface area is 96.4 Å². The van der Waals surface area contributed by atoms with Crippen molar-refractivity contribution in [3.8, 4) is 11.8 Å². The summed E-state index contributed by atoms with van der Waals surface area (Å²) in [7, 11) is 1.64. The second-order valence-electron chi connectivity index (χ2n) is 3.49. The van der Waals surface area contributed by atoms with Crippen molar-refractivity contribution >= 4 is 0 Å². The van der Waals surface area contributed by atoms with Gasteiger partial charge in [0, 0.05) is 6.54 Å². The zero-order chi connectivity index (χ0) is 12.0. The van der Waals surface area contributed by atoms with Crippen LogP contribution in [0.5, 0.6) is 5.75 Å². The first-order chi connectivity index (χ1) is 7.72. The van der Waals surface area contributed by atoms with Crippen LogP contribution < -0.4 is 10.1 Å². The molecule has 0 aliphatic carbocycles. The first-order valence-electron chi connectivity index (χ1n) is 5.11. The lowest BCUT2D eigenvalue weighted by atomic mass is 10.0. The average molecular weight is 216 g/mol. The van der Waals surface area contributed by atoms with E-state index < -0.39 is 0 Å². The number of nitrogens with zero attached hydrogens (tertiary/aromatic N) is 1. The molecule has 0 spiro atoms. The van der Waals surface area contributed by atoms with E-state index in [1.54, 1.807) is 13.2 Å². The lowest BCUT2D eigenvalue weighted by Crippen LogP contribution is -2.19. The second-order valence-corrected chi connectivity index (χ2v) is 3.49. The van der Waals surface area contributed by atoms with Crippen LogP contribution in [0.2, 0.25) is 0 Å². The summed E-state index contributed by atoms with van der Waals surface area (Å²) in [5.74, 6) is 0.837. The van der Waals surface area contributed by atoms with Gasteiger partial charge in [-0.15, -0.1) is 6.58 Å². The average Bonchev–Trinajstić information content (AvgIpc) is 2.30. The van der Waals surface area contributed by atoms with E-state index >= 15 is 0 Å². The molecule has 1 aromatic rings. The van der Waals surface area contributed by atoms with Crippen LogP contribution in [0, 0.1) is 18.3 Å². The molecule has 1 rings (SSSR count). The Kier molecular flexibility index (Phi) is 4.56. The van der Waals surface area contributed by atoms with Crippen LogP contribution in [0.3, 0.4) is 0 Å². The van der Waals surface area contributed by atoms with Crippen molar-refractivity contribution in [1.29, 1.82) is 5.26 Å². The summed E-state index contributed by atoms with van der Waals surface area (Å²) in [6.45, 7) is 6.19. The molecule has 0 aliphatic heterocycles. The molecule has 0 aromatic heterocycles. The normalized spacial score (nSPS) is 11.6.